The Morgan fingerprint density at radius 3 is 2.57 bits per heavy atom. The van der Waals surface area contributed by atoms with Gasteiger partial charge in [0.15, 0.2) is 0 Å². The van der Waals surface area contributed by atoms with Crippen LogP contribution in [0.15, 0.2) is 40.5 Å². The summed E-state index contributed by atoms with van der Waals surface area (Å²) < 4.78 is 1.84. The second kappa shape index (κ2) is 8.33. The third-order valence-corrected chi connectivity index (χ3v) is 6.82. The predicted octanol–water partition coefficient (Wildman–Crippen LogP) is 3.86. The summed E-state index contributed by atoms with van der Waals surface area (Å²) in [5, 5.41) is 2.85. The molecule has 0 aliphatic carbocycles. The van der Waals surface area contributed by atoms with Crippen LogP contribution in [0.5, 0.6) is 0 Å². The minimum atomic E-state index is -0.0392. The molecule has 1 fully saturated rings. The Hall–Kier alpha value is -1.73. The molecule has 1 aromatic carbocycles. The highest BCUT2D eigenvalue weighted by Gasteiger charge is 2.28. The van der Waals surface area contributed by atoms with Crippen molar-refractivity contribution in [1.82, 2.24) is 19.4 Å². The average Bonchev–Trinajstić information content (AvgIpc) is 3.08. The minimum absolute atomic E-state index is 0.0392. The average molecular weight is 417 g/mol. The molecule has 28 heavy (non-hydrogen) atoms. The van der Waals surface area contributed by atoms with Gasteiger partial charge >= 0.3 is 0 Å². The lowest BCUT2D eigenvalue weighted by molar-refractivity contribution is 0.103. The minimum Gasteiger partial charge on any atom is -0.304 e. The van der Waals surface area contributed by atoms with E-state index in [0.29, 0.717) is 17.0 Å². The van der Waals surface area contributed by atoms with Crippen molar-refractivity contribution < 1.29 is 0 Å². The zero-order valence-corrected chi connectivity index (χ0v) is 17.8. The van der Waals surface area contributed by atoms with Crippen LogP contribution in [0, 0.1) is 0 Å². The maximum absolute atomic E-state index is 13.4. The van der Waals surface area contributed by atoms with Gasteiger partial charge < -0.3 is 4.90 Å². The Labute approximate surface area is 174 Å². The van der Waals surface area contributed by atoms with E-state index in [4.69, 9.17) is 16.6 Å². The Kier molecular flexibility index (Phi) is 5.83. The summed E-state index contributed by atoms with van der Waals surface area (Å²) in [7, 11) is 2.15. The van der Waals surface area contributed by atoms with Crippen LogP contribution in [0.25, 0.3) is 10.2 Å². The number of benzene rings is 1. The SMILES string of the molecule is CCC(c1nc2scc(Cl)c2c(=O)n1Cc1ccccc1)N1CCN(C)CC1. The molecule has 7 heteroatoms. The van der Waals surface area contributed by atoms with Crippen molar-refractivity contribution in [3.05, 3.63) is 62.5 Å². The number of nitrogens with zero attached hydrogens (tertiary/aromatic N) is 4. The molecular formula is C21H25ClN4OS. The molecule has 1 unspecified atom stereocenters. The number of halogens is 1. The molecule has 0 amide bonds. The fraction of sp³-hybridized carbons (Fsp3) is 0.429. The lowest BCUT2D eigenvalue weighted by Gasteiger charge is -2.37. The van der Waals surface area contributed by atoms with Gasteiger partial charge in [-0.1, -0.05) is 48.9 Å². The van der Waals surface area contributed by atoms with Gasteiger partial charge in [0.2, 0.25) is 0 Å². The fourth-order valence-corrected chi connectivity index (χ4v) is 5.07. The number of hydrogen-bond acceptors (Lipinski definition) is 5. The monoisotopic (exact) mass is 416 g/mol. The molecule has 3 heterocycles. The molecule has 4 rings (SSSR count). The van der Waals surface area contributed by atoms with Crippen molar-refractivity contribution in [2.75, 3.05) is 33.2 Å². The summed E-state index contributed by atoms with van der Waals surface area (Å²) in [5.41, 5.74) is 1.05. The van der Waals surface area contributed by atoms with E-state index in [1.807, 2.05) is 40.3 Å². The van der Waals surface area contributed by atoms with Crippen molar-refractivity contribution in [2.24, 2.45) is 0 Å². The van der Waals surface area contributed by atoms with E-state index in [1.165, 1.54) is 11.3 Å². The van der Waals surface area contributed by atoms with Gasteiger partial charge in [0.1, 0.15) is 10.7 Å². The second-order valence-corrected chi connectivity index (χ2v) is 8.64. The third-order valence-electron chi connectivity index (χ3n) is 5.53. The smallest absolute Gasteiger partial charge is 0.264 e. The maximum Gasteiger partial charge on any atom is 0.264 e. The zero-order valence-electron chi connectivity index (χ0n) is 16.3. The van der Waals surface area contributed by atoms with Crippen molar-refractivity contribution in [3.63, 3.8) is 0 Å². The molecule has 0 bridgehead atoms. The number of rotatable bonds is 5. The summed E-state index contributed by atoms with van der Waals surface area (Å²) in [6.07, 6.45) is 0.912. The summed E-state index contributed by atoms with van der Waals surface area (Å²) in [5.74, 6) is 0.854. The van der Waals surface area contributed by atoms with Crippen LogP contribution in [-0.4, -0.2) is 52.6 Å². The quantitative estimate of drug-likeness (QED) is 0.633. The fourth-order valence-electron chi connectivity index (χ4n) is 3.92. The highest BCUT2D eigenvalue weighted by Crippen LogP contribution is 2.30. The van der Waals surface area contributed by atoms with Crippen molar-refractivity contribution in [3.8, 4) is 0 Å². The Balaban J connectivity index is 1.83. The van der Waals surface area contributed by atoms with Crippen LogP contribution in [0.4, 0.5) is 0 Å². The van der Waals surface area contributed by atoms with Crippen LogP contribution >= 0.6 is 22.9 Å². The van der Waals surface area contributed by atoms with E-state index < -0.39 is 0 Å². The van der Waals surface area contributed by atoms with E-state index >= 15 is 0 Å². The molecule has 0 saturated carbocycles. The van der Waals surface area contributed by atoms with Gasteiger partial charge in [-0.3, -0.25) is 14.3 Å². The first-order valence-corrected chi connectivity index (χ1v) is 11.0. The molecule has 3 aromatic rings. The molecule has 5 nitrogen and oxygen atoms in total. The molecule has 2 aromatic heterocycles. The van der Waals surface area contributed by atoms with Gasteiger partial charge in [0, 0.05) is 31.6 Å². The standard InChI is InChI=1S/C21H25ClN4OS/c1-3-17(25-11-9-24(2)10-12-25)19-23-20-18(16(22)14-28-20)21(27)26(19)13-15-7-5-4-6-8-15/h4-8,14,17H,3,9-13H2,1-2H3. The molecule has 1 aliphatic heterocycles. The number of hydrogen-bond donors (Lipinski definition) is 0. The molecule has 0 radical (unpaired) electrons. The van der Waals surface area contributed by atoms with Gasteiger partial charge in [-0.2, -0.15) is 0 Å². The van der Waals surface area contributed by atoms with Crippen LogP contribution < -0.4 is 5.56 Å². The molecule has 148 valence electrons. The van der Waals surface area contributed by atoms with Crippen molar-refractivity contribution in [1.29, 1.82) is 0 Å². The van der Waals surface area contributed by atoms with E-state index in [0.717, 1.165) is 48.8 Å². The molecule has 1 atom stereocenters. The van der Waals surface area contributed by atoms with E-state index in [-0.39, 0.29) is 11.6 Å². The number of likely N-dealkylation sites (N-methyl/N-ethyl adjacent to an activating group) is 1. The van der Waals surface area contributed by atoms with Crippen LogP contribution in [-0.2, 0) is 6.54 Å². The van der Waals surface area contributed by atoms with Gasteiger partial charge in [-0.15, -0.1) is 11.3 Å². The van der Waals surface area contributed by atoms with Gasteiger partial charge in [0.05, 0.1) is 23.0 Å². The number of thiophene rings is 1. The third kappa shape index (κ3) is 3.74. The van der Waals surface area contributed by atoms with Crippen LogP contribution in [0.2, 0.25) is 5.02 Å². The van der Waals surface area contributed by atoms with E-state index in [9.17, 15) is 4.79 Å². The van der Waals surface area contributed by atoms with E-state index in [2.05, 4.69) is 23.8 Å². The molecular weight excluding hydrogens is 392 g/mol. The van der Waals surface area contributed by atoms with Crippen LogP contribution in [0.1, 0.15) is 30.8 Å². The predicted molar refractivity (Wildman–Crippen MR) is 117 cm³/mol. The summed E-state index contributed by atoms with van der Waals surface area (Å²) in [6, 6.07) is 10.2. The lowest BCUT2D eigenvalue weighted by atomic mass is 10.1. The first-order chi connectivity index (χ1) is 13.6. The maximum atomic E-state index is 13.4. The Morgan fingerprint density at radius 1 is 1.18 bits per heavy atom. The number of aromatic nitrogens is 2. The van der Waals surface area contributed by atoms with Gasteiger partial charge in [0.25, 0.3) is 5.56 Å². The van der Waals surface area contributed by atoms with E-state index in [1.54, 1.807) is 0 Å². The van der Waals surface area contributed by atoms with Crippen LogP contribution in [0.3, 0.4) is 0 Å². The summed E-state index contributed by atoms with van der Waals surface area (Å²) >= 11 is 7.77. The van der Waals surface area contributed by atoms with Crippen molar-refractivity contribution >= 4 is 33.2 Å². The molecule has 0 spiro atoms. The number of fused-ring (bicyclic) bond motifs is 1. The zero-order chi connectivity index (χ0) is 19.7. The molecule has 0 N–H and O–H groups in total. The summed E-state index contributed by atoms with van der Waals surface area (Å²) in [6.45, 7) is 6.72. The largest absolute Gasteiger partial charge is 0.304 e. The highest BCUT2D eigenvalue weighted by molar-refractivity contribution is 7.17. The first-order valence-electron chi connectivity index (χ1n) is 9.72. The first kappa shape index (κ1) is 19.6. The molecule has 1 aliphatic rings. The summed E-state index contributed by atoms with van der Waals surface area (Å²) in [4.78, 5) is 23.9. The van der Waals surface area contributed by atoms with Crippen molar-refractivity contribution in [2.45, 2.75) is 25.9 Å². The van der Waals surface area contributed by atoms with Gasteiger partial charge in [-0.25, -0.2) is 4.98 Å². The second-order valence-electron chi connectivity index (χ2n) is 7.37. The van der Waals surface area contributed by atoms with Gasteiger partial charge in [-0.05, 0) is 19.0 Å². The Morgan fingerprint density at radius 2 is 1.89 bits per heavy atom. The number of piperazine rings is 1. The Bertz CT molecular complexity index is 1010. The molecule has 1 saturated heterocycles. The highest BCUT2D eigenvalue weighted by atomic mass is 35.5. The normalized spacial score (nSPS) is 17.2. The topological polar surface area (TPSA) is 41.4 Å². The lowest BCUT2D eigenvalue weighted by Crippen LogP contribution is -2.47.